The van der Waals surface area contributed by atoms with E-state index in [2.05, 4.69) is 71.2 Å². The Morgan fingerprint density at radius 2 is 2.00 bits per heavy atom. The van der Waals surface area contributed by atoms with Crippen molar-refractivity contribution in [2.75, 3.05) is 5.32 Å². The molecule has 19 heavy (non-hydrogen) atoms. The number of aryl methyl sites for hydroxylation is 2. The molecule has 1 heterocycles. The van der Waals surface area contributed by atoms with Gasteiger partial charge in [-0.15, -0.1) is 0 Å². The van der Waals surface area contributed by atoms with E-state index in [0.29, 0.717) is 0 Å². The van der Waals surface area contributed by atoms with Gasteiger partial charge in [0.1, 0.15) is 0 Å². The van der Waals surface area contributed by atoms with Crippen LogP contribution in [-0.2, 0) is 13.1 Å². The molecule has 3 nitrogen and oxygen atoms in total. The van der Waals surface area contributed by atoms with E-state index in [1.807, 2.05) is 23.7 Å². The Morgan fingerprint density at radius 3 is 2.68 bits per heavy atom. The molecule has 0 saturated carbocycles. The minimum absolute atomic E-state index is 0.727. The summed E-state index contributed by atoms with van der Waals surface area (Å²) >= 11 is 10.6. The highest BCUT2D eigenvalue weighted by molar-refractivity contribution is 9.11. The summed E-state index contributed by atoms with van der Waals surface area (Å²) in [5, 5.41) is 7.92. The maximum Gasteiger partial charge on any atom is 0.0739 e. The van der Waals surface area contributed by atoms with Gasteiger partial charge in [0.15, 0.2) is 0 Å². The lowest BCUT2D eigenvalue weighted by Gasteiger charge is -2.11. The molecule has 1 N–H and O–H groups in total. The minimum atomic E-state index is 0.727. The monoisotopic (exact) mass is 449 g/mol. The average molecular weight is 452 g/mol. The van der Waals surface area contributed by atoms with E-state index in [1.165, 1.54) is 0 Å². The van der Waals surface area contributed by atoms with Crippen LogP contribution < -0.4 is 5.32 Å². The molecule has 0 aliphatic heterocycles. The highest BCUT2D eigenvalue weighted by Gasteiger charge is 2.12. The van der Waals surface area contributed by atoms with Crippen LogP contribution in [0.1, 0.15) is 18.3 Å². The van der Waals surface area contributed by atoms with Gasteiger partial charge in [0.2, 0.25) is 0 Å². The second kappa shape index (κ2) is 6.41. The minimum Gasteiger partial charge on any atom is -0.378 e. The Balaban J connectivity index is 2.21. The lowest BCUT2D eigenvalue weighted by Crippen LogP contribution is -2.08. The molecule has 1 aromatic carbocycles. The van der Waals surface area contributed by atoms with Crippen LogP contribution in [0.2, 0.25) is 0 Å². The van der Waals surface area contributed by atoms with E-state index in [1.54, 1.807) is 0 Å². The van der Waals surface area contributed by atoms with Crippen LogP contribution in [0.15, 0.2) is 31.6 Å². The van der Waals surface area contributed by atoms with Gasteiger partial charge in [-0.2, -0.15) is 5.10 Å². The van der Waals surface area contributed by atoms with Crippen molar-refractivity contribution in [1.82, 2.24) is 9.78 Å². The van der Waals surface area contributed by atoms with Crippen LogP contribution in [0.25, 0.3) is 0 Å². The molecule has 0 amide bonds. The van der Waals surface area contributed by atoms with Gasteiger partial charge in [-0.1, -0.05) is 15.9 Å². The maximum atomic E-state index is 4.49. The highest BCUT2D eigenvalue weighted by Crippen LogP contribution is 2.28. The first kappa shape index (κ1) is 15.1. The number of nitrogens with one attached hydrogen (secondary N) is 1. The zero-order valence-electron chi connectivity index (χ0n) is 10.7. The summed E-state index contributed by atoms with van der Waals surface area (Å²) in [5.41, 5.74) is 3.24. The summed E-state index contributed by atoms with van der Waals surface area (Å²) in [6.07, 6.45) is 0. The van der Waals surface area contributed by atoms with Gasteiger partial charge < -0.3 is 5.32 Å². The first-order valence-electron chi connectivity index (χ1n) is 5.93. The maximum absolute atomic E-state index is 4.49. The van der Waals surface area contributed by atoms with Crippen molar-refractivity contribution < 1.29 is 0 Å². The molecule has 0 bridgehead atoms. The van der Waals surface area contributed by atoms with Crippen molar-refractivity contribution >= 4 is 53.5 Å². The number of anilines is 1. The standard InChI is InChI=1S/C13H14Br3N3/c1-3-19-12(13(16)8(2)18-19)7-17-11-6-9(14)4-5-10(11)15/h4-6,17H,3,7H2,1-2H3. The van der Waals surface area contributed by atoms with Crippen LogP contribution >= 0.6 is 47.8 Å². The van der Waals surface area contributed by atoms with Gasteiger partial charge >= 0.3 is 0 Å². The van der Waals surface area contributed by atoms with Crippen LogP contribution in [0.4, 0.5) is 5.69 Å². The Morgan fingerprint density at radius 1 is 1.26 bits per heavy atom. The second-order valence-electron chi connectivity index (χ2n) is 4.14. The fraction of sp³-hybridized carbons (Fsp3) is 0.308. The van der Waals surface area contributed by atoms with Crippen molar-refractivity contribution in [3.63, 3.8) is 0 Å². The third-order valence-corrected chi connectivity index (χ3v) is 5.04. The zero-order chi connectivity index (χ0) is 14.0. The molecule has 0 radical (unpaired) electrons. The molecule has 102 valence electrons. The van der Waals surface area contributed by atoms with Gasteiger partial charge in [0, 0.05) is 21.2 Å². The zero-order valence-corrected chi connectivity index (χ0v) is 15.4. The van der Waals surface area contributed by atoms with Crippen molar-refractivity contribution in [3.8, 4) is 0 Å². The van der Waals surface area contributed by atoms with Crippen LogP contribution in [0.3, 0.4) is 0 Å². The number of benzene rings is 1. The van der Waals surface area contributed by atoms with Gasteiger partial charge in [-0.05, 0) is 63.9 Å². The Labute approximate surface area is 138 Å². The second-order valence-corrected chi connectivity index (χ2v) is 6.70. The van der Waals surface area contributed by atoms with Crippen LogP contribution in [0, 0.1) is 6.92 Å². The Hall–Kier alpha value is -0.330. The van der Waals surface area contributed by atoms with Crippen LogP contribution in [-0.4, -0.2) is 9.78 Å². The molecule has 0 aliphatic carbocycles. The highest BCUT2D eigenvalue weighted by atomic mass is 79.9. The summed E-state index contributed by atoms with van der Waals surface area (Å²) in [6, 6.07) is 6.08. The summed E-state index contributed by atoms with van der Waals surface area (Å²) in [5.74, 6) is 0. The molecule has 0 atom stereocenters. The van der Waals surface area contributed by atoms with Crippen molar-refractivity contribution in [2.24, 2.45) is 0 Å². The van der Waals surface area contributed by atoms with Crippen molar-refractivity contribution in [1.29, 1.82) is 0 Å². The normalized spacial score (nSPS) is 10.8. The Kier molecular flexibility index (Phi) is 5.09. The number of aromatic nitrogens is 2. The topological polar surface area (TPSA) is 29.9 Å². The largest absolute Gasteiger partial charge is 0.378 e. The van der Waals surface area contributed by atoms with E-state index in [-0.39, 0.29) is 0 Å². The van der Waals surface area contributed by atoms with E-state index < -0.39 is 0 Å². The third-order valence-electron chi connectivity index (χ3n) is 2.83. The van der Waals surface area contributed by atoms with Gasteiger partial charge in [0.25, 0.3) is 0 Å². The van der Waals surface area contributed by atoms with Gasteiger partial charge in [0.05, 0.1) is 22.4 Å². The molecule has 1 aromatic heterocycles. The van der Waals surface area contributed by atoms with Gasteiger partial charge in [-0.25, -0.2) is 0 Å². The Bertz CT molecular complexity index is 593. The van der Waals surface area contributed by atoms with E-state index >= 15 is 0 Å². The first-order valence-corrected chi connectivity index (χ1v) is 8.31. The first-order chi connectivity index (χ1) is 9.02. The molecular formula is C13H14Br3N3. The fourth-order valence-corrected chi connectivity index (χ4v) is 3.02. The number of hydrogen-bond acceptors (Lipinski definition) is 2. The SMILES string of the molecule is CCn1nc(C)c(Br)c1CNc1cc(Br)ccc1Br. The van der Waals surface area contributed by atoms with E-state index in [9.17, 15) is 0 Å². The quantitative estimate of drug-likeness (QED) is 0.700. The summed E-state index contributed by atoms with van der Waals surface area (Å²) < 4.78 is 5.19. The predicted octanol–water partition coefficient (Wildman–Crippen LogP) is 5.11. The summed E-state index contributed by atoms with van der Waals surface area (Å²) in [7, 11) is 0. The van der Waals surface area contributed by atoms with E-state index in [4.69, 9.17) is 0 Å². The van der Waals surface area contributed by atoms with Crippen molar-refractivity contribution in [3.05, 3.63) is 43.0 Å². The summed E-state index contributed by atoms with van der Waals surface area (Å²) in [6.45, 7) is 5.69. The van der Waals surface area contributed by atoms with E-state index in [0.717, 1.165) is 43.6 Å². The lowest BCUT2D eigenvalue weighted by atomic mass is 10.3. The molecule has 6 heteroatoms. The number of halogens is 3. The molecular weight excluding hydrogens is 438 g/mol. The fourth-order valence-electron chi connectivity index (χ4n) is 1.85. The smallest absolute Gasteiger partial charge is 0.0739 e. The molecule has 0 aliphatic rings. The number of hydrogen-bond donors (Lipinski definition) is 1. The number of nitrogens with zero attached hydrogens (tertiary/aromatic N) is 2. The average Bonchev–Trinajstić information content (AvgIpc) is 2.66. The van der Waals surface area contributed by atoms with Gasteiger partial charge in [-0.3, -0.25) is 4.68 Å². The molecule has 0 saturated heterocycles. The van der Waals surface area contributed by atoms with Crippen LogP contribution in [0.5, 0.6) is 0 Å². The molecule has 2 aromatic rings. The number of rotatable bonds is 4. The summed E-state index contributed by atoms with van der Waals surface area (Å²) in [4.78, 5) is 0. The lowest BCUT2D eigenvalue weighted by molar-refractivity contribution is 0.622. The third kappa shape index (κ3) is 3.41. The molecule has 0 unspecified atom stereocenters. The molecule has 0 fully saturated rings. The predicted molar refractivity (Wildman–Crippen MR) is 89.5 cm³/mol. The van der Waals surface area contributed by atoms with Crippen molar-refractivity contribution in [2.45, 2.75) is 26.9 Å². The molecule has 2 rings (SSSR count). The molecule has 0 spiro atoms.